The molecule has 0 unspecified atom stereocenters. The Kier molecular flexibility index (Phi) is 10.5. The van der Waals surface area contributed by atoms with Gasteiger partial charge in [0.25, 0.3) is 0 Å². The monoisotopic (exact) mass is 496 g/mol. The van der Waals surface area contributed by atoms with Gasteiger partial charge in [-0.1, -0.05) is 31.0 Å². The number of benzene rings is 2. The minimum Gasteiger partial charge on any atom is -0.497 e. The predicted octanol–water partition coefficient (Wildman–Crippen LogP) is 4.90. The molecule has 1 saturated carbocycles. The molecular formula is C29H40N2O5. The quantitative estimate of drug-likeness (QED) is 0.427. The summed E-state index contributed by atoms with van der Waals surface area (Å²) >= 11 is 0. The molecule has 0 radical (unpaired) electrons. The van der Waals surface area contributed by atoms with Gasteiger partial charge >= 0.3 is 0 Å². The van der Waals surface area contributed by atoms with Crippen LogP contribution in [0.2, 0.25) is 0 Å². The van der Waals surface area contributed by atoms with E-state index in [4.69, 9.17) is 14.2 Å². The maximum Gasteiger partial charge on any atom is 0.242 e. The molecule has 36 heavy (non-hydrogen) atoms. The van der Waals surface area contributed by atoms with Crippen LogP contribution in [0, 0.1) is 0 Å². The van der Waals surface area contributed by atoms with Crippen LogP contribution in [-0.2, 0) is 22.6 Å². The lowest BCUT2D eigenvalue weighted by Crippen LogP contribution is -2.49. The first-order valence-electron chi connectivity index (χ1n) is 13.1. The summed E-state index contributed by atoms with van der Waals surface area (Å²) in [5.41, 5.74) is 1.94. The second kappa shape index (κ2) is 13.8. The Bertz CT molecular complexity index is 986. The number of nitrogens with one attached hydrogen (secondary N) is 1. The van der Waals surface area contributed by atoms with E-state index >= 15 is 0 Å². The molecule has 0 spiro atoms. The van der Waals surface area contributed by atoms with Crippen LogP contribution in [0.15, 0.2) is 42.5 Å². The van der Waals surface area contributed by atoms with E-state index in [1.165, 1.54) is 0 Å². The summed E-state index contributed by atoms with van der Waals surface area (Å²) in [7, 11) is 1.62. The fraction of sp³-hybridized carbons (Fsp3) is 0.517. The smallest absolute Gasteiger partial charge is 0.242 e. The van der Waals surface area contributed by atoms with Crippen molar-refractivity contribution in [3.8, 4) is 17.2 Å². The first kappa shape index (κ1) is 27.4. The molecule has 0 saturated heterocycles. The molecule has 1 aliphatic carbocycles. The van der Waals surface area contributed by atoms with E-state index < -0.39 is 6.04 Å². The molecular weight excluding hydrogens is 456 g/mol. The Morgan fingerprint density at radius 1 is 0.972 bits per heavy atom. The lowest BCUT2D eigenvalue weighted by molar-refractivity contribution is -0.140. The first-order chi connectivity index (χ1) is 17.4. The van der Waals surface area contributed by atoms with E-state index in [0.717, 1.165) is 42.6 Å². The SMILES string of the molecule is CCOc1ccc(CCC(=O)N(Cc2ccc(OC)cc2)[C@@H](C)C(=O)NC2CCCC2)cc1OCC. The first-order valence-corrected chi connectivity index (χ1v) is 13.1. The van der Waals surface area contributed by atoms with Crippen molar-refractivity contribution >= 4 is 11.8 Å². The second-order valence-corrected chi connectivity index (χ2v) is 9.18. The highest BCUT2D eigenvalue weighted by atomic mass is 16.5. The van der Waals surface area contributed by atoms with Crippen molar-refractivity contribution in [3.05, 3.63) is 53.6 Å². The number of methoxy groups -OCH3 is 1. The van der Waals surface area contributed by atoms with Crippen LogP contribution in [0.1, 0.15) is 64.0 Å². The number of hydrogen-bond acceptors (Lipinski definition) is 5. The van der Waals surface area contributed by atoms with E-state index in [2.05, 4.69) is 5.32 Å². The summed E-state index contributed by atoms with van der Waals surface area (Å²) in [6.45, 7) is 7.13. The van der Waals surface area contributed by atoms with Gasteiger partial charge < -0.3 is 24.4 Å². The molecule has 0 aromatic heterocycles. The summed E-state index contributed by atoms with van der Waals surface area (Å²) in [5, 5.41) is 3.15. The van der Waals surface area contributed by atoms with E-state index in [-0.39, 0.29) is 24.3 Å². The second-order valence-electron chi connectivity index (χ2n) is 9.18. The number of hydrogen-bond donors (Lipinski definition) is 1. The highest BCUT2D eigenvalue weighted by Gasteiger charge is 2.28. The summed E-state index contributed by atoms with van der Waals surface area (Å²) < 4.78 is 16.6. The van der Waals surface area contributed by atoms with Gasteiger partial charge in [0.1, 0.15) is 11.8 Å². The molecule has 3 rings (SSSR count). The molecule has 2 aromatic carbocycles. The van der Waals surface area contributed by atoms with Crippen molar-refractivity contribution in [2.45, 2.75) is 77.9 Å². The van der Waals surface area contributed by atoms with Crippen molar-refractivity contribution in [3.63, 3.8) is 0 Å². The summed E-state index contributed by atoms with van der Waals surface area (Å²) in [5.74, 6) is 1.98. The number of carbonyl (C=O) groups is 2. The molecule has 7 heteroatoms. The summed E-state index contributed by atoms with van der Waals surface area (Å²) in [6, 6.07) is 13.0. The van der Waals surface area contributed by atoms with Crippen molar-refractivity contribution in [2.24, 2.45) is 0 Å². The number of rotatable bonds is 13. The summed E-state index contributed by atoms with van der Waals surface area (Å²) in [6.07, 6.45) is 5.12. The number of carbonyl (C=O) groups excluding carboxylic acids is 2. The number of ether oxygens (including phenoxy) is 3. The Balaban J connectivity index is 1.72. The standard InChI is InChI=1S/C29H40N2O5/c1-5-35-26-17-13-22(19-27(26)36-6-2)14-18-28(32)31(20-23-11-15-25(34-4)16-12-23)21(3)29(33)30-24-9-7-8-10-24/h11-13,15-17,19,21,24H,5-10,14,18,20H2,1-4H3,(H,30,33)/t21-/m0/s1. The van der Waals surface area contributed by atoms with Gasteiger partial charge in [0, 0.05) is 19.0 Å². The van der Waals surface area contributed by atoms with E-state index in [0.29, 0.717) is 37.7 Å². The van der Waals surface area contributed by atoms with Gasteiger partial charge in [0.2, 0.25) is 11.8 Å². The fourth-order valence-electron chi connectivity index (χ4n) is 4.55. The molecule has 196 valence electrons. The Labute approximate surface area is 215 Å². The number of nitrogens with zero attached hydrogens (tertiary/aromatic N) is 1. The number of amides is 2. The van der Waals surface area contributed by atoms with Gasteiger partial charge in [-0.25, -0.2) is 0 Å². The molecule has 0 aliphatic heterocycles. The minimum atomic E-state index is -0.570. The molecule has 0 heterocycles. The maximum atomic E-state index is 13.5. The maximum absolute atomic E-state index is 13.5. The van der Waals surface area contributed by atoms with Crippen LogP contribution in [0.4, 0.5) is 0 Å². The number of aryl methyl sites for hydroxylation is 1. The zero-order valence-corrected chi connectivity index (χ0v) is 22.0. The highest BCUT2D eigenvalue weighted by Crippen LogP contribution is 2.29. The summed E-state index contributed by atoms with van der Waals surface area (Å²) in [4.78, 5) is 28.2. The molecule has 1 aliphatic rings. The highest BCUT2D eigenvalue weighted by molar-refractivity contribution is 5.87. The van der Waals surface area contributed by atoms with Gasteiger partial charge in [0.05, 0.1) is 20.3 Å². The molecule has 2 amide bonds. The molecule has 1 N–H and O–H groups in total. The van der Waals surface area contributed by atoms with Crippen LogP contribution in [0.5, 0.6) is 17.2 Å². The van der Waals surface area contributed by atoms with Gasteiger partial charge in [-0.05, 0) is 75.4 Å². The third kappa shape index (κ3) is 7.64. The topological polar surface area (TPSA) is 77.1 Å². The van der Waals surface area contributed by atoms with Crippen LogP contribution >= 0.6 is 0 Å². The van der Waals surface area contributed by atoms with Gasteiger partial charge in [-0.15, -0.1) is 0 Å². The fourth-order valence-corrected chi connectivity index (χ4v) is 4.55. The minimum absolute atomic E-state index is 0.0632. The van der Waals surface area contributed by atoms with Crippen LogP contribution < -0.4 is 19.5 Å². The van der Waals surface area contributed by atoms with Gasteiger partial charge in [-0.2, -0.15) is 0 Å². The van der Waals surface area contributed by atoms with Crippen molar-refractivity contribution in [2.75, 3.05) is 20.3 Å². The van der Waals surface area contributed by atoms with Crippen LogP contribution in [0.25, 0.3) is 0 Å². The molecule has 1 fully saturated rings. The third-order valence-electron chi connectivity index (χ3n) is 6.62. The molecule has 0 bridgehead atoms. The zero-order chi connectivity index (χ0) is 25.9. The lowest BCUT2D eigenvalue weighted by Gasteiger charge is -2.30. The Hall–Kier alpha value is -3.22. The van der Waals surface area contributed by atoms with Crippen molar-refractivity contribution in [1.29, 1.82) is 0 Å². The Morgan fingerprint density at radius 2 is 1.61 bits per heavy atom. The van der Waals surface area contributed by atoms with Gasteiger partial charge in [0.15, 0.2) is 11.5 Å². The van der Waals surface area contributed by atoms with Gasteiger partial charge in [-0.3, -0.25) is 9.59 Å². The Morgan fingerprint density at radius 3 is 2.25 bits per heavy atom. The van der Waals surface area contributed by atoms with Crippen molar-refractivity contribution in [1.82, 2.24) is 10.2 Å². The third-order valence-corrected chi connectivity index (χ3v) is 6.62. The molecule has 7 nitrogen and oxygen atoms in total. The lowest BCUT2D eigenvalue weighted by atomic mass is 10.1. The van der Waals surface area contributed by atoms with E-state index in [9.17, 15) is 9.59 Å². The average molecular weight is 497 g/mol. The predicted molar refractivity (Wildman–Crippen MR) is 141 cm³/mol. The normalized spacial score (nSPS) is 14.2. The van der Waals surface area contributed by atoms with E-state index in [1.807, 2.05) is 63.2 Å². The van der Waals surface area contributed by atoms with Crippen LogP contribution in [-0.4, -0.2) is 49.1 Å². The molecule has 2 aromatic rings. The van der Waals surface area contributed by atoms with E-state index in [1.54, 1.807) is 12.0 Å². The molecule has 1 atom stereocenters. The van der Waals surface area contributed by atoms with Crippen LogP contribution in [0.3, 0.4) is 0 Å². The zero-order valence-electron chi connectivity index (χ0n) is 22.0. The average Bonchev–Trinajstić information content (AvgIpc) is 3.40. The largest absolute Gasteiger partial charge is 0.497 e. The van der Waals surface area contributed by atoms with Crippen molar-refractivity contribution < 1.29 is 23.8 Å².